The smallest absolute Gasteiger partial charge is 0.102 e. The van der Waals surface area contributed by atoms with Gasteiger partial charge in [-0.3, -0.25) is 4.90 Å². The van der Waals surface area contributed by atoms with E-state index in [1.165, 1.54) is 90.1 Å². The van der Waals surface area contributed by atoms with Crippen LogP contribution in [0.25, 0.3) is 0 Å². The average Bonchev–Trinajstić information content (AvgIpc) is 2.55. The van der Waals surface area contributed by atoms with Gasteiger partial charge in [0.2, 0.25) is 0 Å². The van der Waals surface area contributed by atoms with Crippen LogP contribution in [0.5, 0.6) is 0 Å². The van der Waals surface area contributed by atoms with Crippen molar-refractivity contribution in [3.05, 3.63) is 0 Å². The topological polar surface area (TPSA) is 15.3 Å². The summed E-state index contributed by atoms with van der Waals surface area (Å²) in [6.45, 7) is 8.32. The highest BCUT2D eigenvalue weighted by Gasteiger charge is 2.31. The third-order valence-electron chi connectivity index (χ3n) is 5.49. The molecule has 0 aliphatic carbocycles. The summed E-state index contributed by atoms with van der Waals surface area (Å²) in [4.78, 5) is 2.71. The number of nitrogens with zero attached hydrogens (tertiary/aromatic N) is 1. The zero-order valence-electron chi connectivity index (χ0n) is 16.5. The minimum absolute atomic E-state index is 0.241. The molecule has 144 valence electrons. The van der Waals surface area contributed by atoms with Crippen LogP contribution in [0.2, 0.25) is 0 Å². The van der Waals surface area contributed by atoms with E-state index in [0.29, 0.717) is 6.54 Å². The Morgan fingerprint density at radius 3 is 1.92 bits per heavy atom. The van der Waals surface area contributed by atoms with E-state index >= 15 is 0 Å². The van der Waals surface area contributed by atoms with Gasteiger partial charge < -0.3 is 5.32 Å². The number of hydrogen-bond acceptors (Lipinski definition) is 2. The molecule has 0 atom stereocenters. The van der Waals surface area contributed by atoms with Gasteiger partial charge in [0.25, 0.3) is 0 Å². The van der Waals surface area contributed by atoms with E-state index in [1.54, 1.807) is 0 Å². The molecule has 0 aromatic rings. The van der Waals surface area contributed by atoms with Crippen molar-refractivity contribution in [3.63, 3.8) is 0 Å². The predicted molar refractivity (Wildman–Crippen MR) is 104 cm³/mol. The Morgan fingerprint density at radius 2 is 1.42 bits per heavy atom. The van der Waals surface area contributed by atoms with Gasteiger partial charge in [-0.1, -0.05) is 78.1 Å². The molecule has 0 unspecified atom stereocenters. The standard InChI is InChI=1S/C21H43FN2/c1-3-5-7-9-11-13-21(14-12-10-8-6-4-2)24-18-20(19-24)17-23-16-15-22/h20-21,23H,3-19H2,1-2H3. The van der Waals surface area contributed by atoms with Crippen LogP contribution >= 0.6 is 0 Å². The first kappa shape index (κ1) is 21.9. The summed E-state index contributed by atoms with van der Waals surface area (Å²) in [5.74, 6) is 0.749. The molecular formula is C21H43FN2. The van der Waals surface area contributed by atoms with Gasteiger partial charge in [0.15, 0.2) is 0 Å². The summed E-state index contributed by atoms with van der Waals surface area (Å²) in [6.07, 6.45) is 16.7. The summed E-state index contributed by atoms with van der Waals surface area (Å²) in [6, 6.07) is 0.811. The van der Waals surface area contributed by atoms with E-state index in [2.05, 4.69) is 24.1 Å². The van der Waals surface area contributed by atoms with Crippen molar-refractivity contribution in [1.29, 1.82) is 0 Å². The van der Waals surface area contributed by atoms with Crippen LogP contribution in [-0.4, -0.2) is 43.8 Å². The van der Waals surface area contributed by atoms with E-state index in [4.69, 9.17) is 0 Å². The molecule has 24 heavy (non-hydrogen) atoms. The van der Waals surface area contributed by atoms with E-state index in [-0.39, 0.29) is 6.67 Å². The van der Waals surface area contributed by atoms with Crippen molar-refractivity contribution in [2.24, 2.45) is 5.92 Å². The summed E-state index contributed by atoms with van der Waals surface area (Å²) < 4.78 is 12.2. The molecule has 0 radical (unpaired) electrons. The third-order valence-corrected chi connectivity index (χ3v) is 5.49. The van der Waals surface area contributed by atoms with E-state index in [9.17, 15) is 4.39 Å². The Kier molecular flexibility index (Phi) is 13.8. The number of alkyl halides is 1. The van der Waals surface area contributed by atoms with Crippen LogP contribution in [0, 0.1) is 5.92 Å². The van der Waals surface area contributed by atoms with Crippen LogP contribution in [0.4, 0.5) is 4.39 Å². The van der Waals surface area contributed by atoms with Gasteiger partial charge in [-0.25, -0.2) is 4.39 Å². The molecule has 0 spiro atoms. The Balaban J connectivity index is 2.19. The first-order chi connectivity index (χ1) is 11.8. The molecule has 2 nitrogen and oxygen atoms in total. The monoisotopic (exact) mass is 342 g/mol. The highest BCUT2D eigenvalue weighted by Crippen LogP contribution is 2.25. The van der Waals surface area contributed by atoms with Crippen LogP contribution < -0.4 is 5.32 Å². The zero-order chi connectivity index (χ0) is 17.5. The normalized spacial score (nSPS) is 16.0. The van der Waals surface area contributed by atoms with Crippen molar-refractivity contribution in [2.45, 2.75) is 96.9 Å². The summed E-state index contributed by atoms with van der Waals surface area (Å²) >= 11 is 0. The molecule has 0 bridgehead atoms. The van der Waals surface area contributed by atoms with Crippen molar-refractivity contribution >= 4 is 0 Å². The van der Waals surface area contributed by atoms with Crippen LogP contribution in [-0.2, 0) is 0 Å². The second-order valence-corrected chi connectivity index (χ2v) is 7.77. The number of unbranched alkanes of at least 4 members (excludes halogenated alkanes) is 8. The molecule has 0 saturated carbocycles. The fourth-order valence-corrected chi connectivity index (χ4v) is 3.89. The van der Waals surface area contributed by atoms with Gasteiger partial charge in [0, 0.05) is 32.2 Å². The molecule has 1 fully saturated rings. The molecular weight excluding hydrogens is 299 g/mol. The van der Waals surface area contributed by atoms with Crippen LogP contribution in [0.1, 0.15) is 90.9 Å². The van der Waals surface area contributed by atoms with Crippen molar-refractivity contribution in [2.75, 3.05) is 32.9 Å². The van der Waals surface area contributed by atoms with Crippen molar-refractivity contribution in [1.82, 2.24) is 10.2 Å². The minimum Gasteiger partial charge on any atom is -0.314 e. The maximum Gasteiger partial charge on any atom is 0.102 e. The van der Waals surface area contributed by atoms with Gasteiger partial charge >= 0.3 is 0 Å². The minimum atomic E-state index is -0.241. The molecule has 1 aliphatic rings. The molecule has 3 heteroatoms. The largest absolute Gasteiger partial charge is 0.314 e. The second-order valence-electron chi connectivity index (χ2n) is 7.77. The molecule has 1 N–H and O–H groups in total. The zero-order valence-corrected chi connectivity index (χ0v) is 16.5. The molecule has 0 aromatic heterocycles. The quantitative estimate of drug-likeness (QED) is 0.348. The van der Waals surface area contributed by atoms with Gasteiger partial charge in [-0.05, 0) is 18.8 Å². The molecule has 1 rings (SSSR count). The molecule has 1 heterocycles. The van der Waals surface area contributed by atoms with E-state index in [1.807, 2.05) is 0 Å². The first-order valence-corrected chi connectivity index (χ1v) is 10.8. The SMILES string of the molecule is CCCCCCCC(CCCCCCC)N1CC(CNCCF)C1. The summed E-state index contributed by atoms with van der Waals surface area (Å²) in [5.41, 5.74) is 0. The molecule has 0 amide bonds. The number of hydrogen-bond donors (Lipinski definition) is 1. The van der Waals surface area contributed by atoms with Crippen molar-refractivity contribution < 1.29 is 4.39 Å². The first-order valence-electron chi connectivity index (χ1n) is 10.8. The maximum absolute atomic E-state index is 12.2. The van der Waals surface area contributed by atoms with E-state index < -0.39 is 0 Å². The average molecular weight is 343 g/mol. The number of nitrogens with one attached hydrogen (secondary N) is 1. The lowest BCUT2D eigenvalue weighted by Gasteiger charge is -2.45. The van der Waals surface area contributed by atoms with Gasteiger partial charge in [-0.15, -0.1) is 0 Å². The highest BCUT2D eigenvalue weighted by atomic mass is 19.1. The van der Waals surface area contributed by atoms with Gasteiger partial charge in [0.1, 0.15) is 6.67 Å². The van der Waals surface area contributed by atoms with Gasteiger partial charge in [-0.2, -0.15) is 0 Å². The molecule has 0 aromatic carbocycles. The lowest BCUT2D eigenvalue weighted by Crippen LogP contribution is -2.55. The summed E-state index contributed by atoms with van der Waals surface area (Å²) in [5, 5.41) is 3.23. The Labute approximate surface area is 151 Å². The molecule has 1 saturated heterocycles. The fraction of sp³-hybridized carbons (Fsp3) is 1.00. The third kappa shape index (κ3) is 9.98. The molecule has 1 aliphatic heterocycles. The maximum atomic E-state index is 12.2. The Morgan fingerprint density at radius 1 is 0.875 bits per heavy atom. The fourth-order valence-electron chi connectivity index (χ4n) is 3.89. The highest BCUT2D eigenvalue weighted by molar-refractivity contribution is 4.86. The van der Waals surface area contributed by atoms with Gasteiger partial charge in [0.05, 0.1) is 0 Å². The lowest BCUT2D eigenvalue weighted by molar-refractivity contribution is 0.0420. The number of rotatable bonds is 17. The van der Waals surface area contributed by atoms with Crippen LogP contribution in [0.15, 0.2) is 0 Å². The Bertz CT molecular complexity index is 253. The number of halogens is 1. The lowest BCUT2D eigenvalue weighted by atomic mass is 9.92. The van der Waals surface area contributed by atoms with Crippen molar-refractivity contribution in [3.8, 4) is 0 Å². The Hall–Kier alpha value is -0.150. The van der Waals surface area contributed by atoms with E-state index in [0.717, 1.165) is 18.5 Å². The van der Waals surface area contributed by atoms with Crippen LogP contribution in [0.3, 0.4) is 0 Å². The summed E-state index contributed by atoms with van der Waals surface area (Å²) in [7, 11) is 0. The predicted octanol–water partition coefficient (Wildman–Crippen LogP) is 5.57. The second kappa shape index (κ2) is 15.1. The number of likely N-dealkylation sites (tertiary alicyclic amines) is 1.